The third kappa shape index (κ3) is 3.76. The van der Waals surface area contributed by atoms with Gasteiger partial charge in [0.15, 0.2) is 0 Å². The Morgan fingerprint density at radius 3 is 2.14 bits per heavy atom. The highest BCUT2D eigenvalue weighted by molar-refractivity contribution is 5.86. The highest BCUT2D eigenvalue weighted by Gasteiger charge is 2.11. The van der Waals surface area contributed by atoms with Crippen molar-refractivity contribution in [1.82, 2.24) is 15.2 Å². The minimum Gasteiger partial charge on any atom is -0.378 e. The van der Waals surface area contributed by atoms with Gasteiger partial charge in [-0.15, -0.1) is 10.2 Å². The van der Waals surface area contributed by atoms with Crippen molar-refractivity contribution in [3.63, 3.8) is 0 Å². The smallest absolute Gasteiger partial charge is 0.247 e. The minimum absolute atomic E-state index is 0.498. The molecule has 0 unspecified atom stereocenters. The first-order chi connectivity index (χ1) is 13.9. The molecule has 0 aliphatic carbocycles. The van der Waals surface area contributed by atoms with Crippen LogP contribution < -0.4 is 10.2 Å². The molecule has 1 N–H and O–H groups in total. The minimum atomic E-state index is 0.498. The average Bonchev–Trinajstić information content (AvgIpc) is 2.69. The summed E-state index contributed by atoms with van der Waals surface area (Å²) < 4.78 is 0. The van der Waals surface area contributed by atoms with Crippen molar-refractivity contribution < 1.29 is 0 Å². The molecule has 5 heteroatoms. The maximum Gasteiger partial charge on any atom is 0.247 e. The fourth-order valence-corrected chi connectivity index (χ4v) is 3.65. The fourth-order valence-electron chi connectivity index (χ4n) is 3.65. The molecule has 0 saturated carbocycles. The van der Waals surface area contributed by atoms with Gasteiger partial charge in [0.05, 0.1) is 5.52 Å². The molecule has 4 aromatic rings. The van der Waals surface area contributed by atoms with Crippen LogP contribution in [0.15, 0.2) is 54.6 Å². The molecule has 0 atom stereocenters. The number of nitrogens with zero attached hydrogens (tertiary/aromatic N) is 4. The number of rotatable bonds is 4. The van der Waals surface area contributed by atoms with Gasteiger partial charge in [-0.05, 0) is 85.0 Å². The van der Waals surface area contributed by atoms with Crippen molar-refractivity contribution in [3.8, 4) is 11.1 Å². The summed E-state index contributed by atoms with van der Waals surface area (Å²) in [5.41, 5.74) is 9.74. The van der Waals surface area contributed by atoms with Crippen LogP contribution in [0.25, 0.3) is 22.2 Å². The number of hydrogen-bond donors (Lipinski definition) is 1. The second kappa shape index (κ2) is 7.51. The van der Waals surface area contributed by atoms with Crippen LogP contribution in [0.3, 0.4) is 0 Å². The van der Waals surface area contributed by atoms with E-state index in [1.807, 2.05) is 26.2 Å². The molecular formula is C24H25N5. The largest absolute Gasteiger partial charge is 0.378 e. The first-order valence-electron chi connectivity index (χ1n) is 9.68. The number of nitrogens with one attached hydrogen (secondary N) is 1. The van der Waals surface area contributed by atoms with Crippen LogP contribution in [0, 0.1) is 20.8 Å². The predicted molar refractivity (Wildman–Crippen MR) is 121 cm³/mol. The van der Waals surface area contributed by atoms with Crippen LogP contribution in [0.5, 0.6) is 0 Å². The summed E-state index contributed by atoms with van der Waals surface area (Å²) in [6.07, 6.45) is 0. The molecule has 0 bridgehead atoms. The molecular weight excluding hydrogens is 358 g/mol. The summed E-state index contributed by atoms with van der Waals surface area (Å²) >= 11 is 0. The van der Waals surface area contributed by atoms with Crippen molar-refractivity contribution in [2.75, 3.05) is 24.3 Å². The Hall–Kier alpha value is -3.47. The van der Waals surface area contributed by atoms with E-state index in [9.17, 15) is 0 Å². The molecule has 5 nitrogen and oxygen atoms in total. The topological polar surface area (TPSA) is 53.9 Å². The van der Waals surface area contributed by atoms with Gasteiger partial charge in [0.1, 0.15) is 5.52 Å². The lowest BCUT2D eigenvalue weighted by Crippen LogP contribution is -2.08. The zero-order valence-corrected chi connectivity index (χ0v) is 17.5. The van der Waals surface area contributed by atoms with E-state index in [4.69, 9.17) is 4.98 Å². The van der Waals surface area contributed by atoms with Gasteiger partial charge in [-0.3, -0.25) is 0 Å². The molecule has 0 spiro atoms. The second-order valence-corrected chi connectivity index (χ2v) is 7.63. The monoisotopic (exact) mass is 383 g/mol. The molecule has 146 valence electrons. The molecule has 1 aromatic heterocycles. The highest BCUT2D eigenvalue weighted by atomic mass is 15.2. The summed E-state index contributed by atoms with van der Waals surface area (Å²) in [4.78, 5) is 6.78. The Labute approximate surface area is 171 Å². The van der Waals surface area contributed by atoms with E-state index in [0.29, 0.717) is 5.95 Å². The van der Waals surface area contributed by atoms with Gasteiger partial charge in [-0.2, -0.15) is 0 Å². The Balaban J connectivity index is 1.69. The standard InChI is InChI=1S/C24H25N5/c1-15-7-6-8-16(2)22(15)18-13-17(3)23-21(14-18)27-28-24(26-23)25-19-9-11-20(12-10-19)29(4)5/h6-14H,1-5H3,(H,25,26,28). The van der Waals surface area contributed by atoms with Crippen LogP contribution in [0.4, 0.5) is 17.3 Å². The summed E-state index contributed by atoms with van der Waals surface area (Å²) in [7, 11) is 4.04. The van der Waals surface area contributed by atoms with Crippen molar-refractivity contribution >= 4 is 28.4 Å². The molecule has 4 rings (SSSR count). The summed E-state index contributed by atoms with van der Waals surface area (Å²) in [6, 6.07) is 18.8. The zero-order valence-electron chi connectivity index (χ0n) is 17.5. The van der Waals surface area contributed by atoms with Crippen molar-refractivity contribution in [2.45, 2.75) is 20.8 Å². The molecule has 1 heterocycles. The van der Waals surface area contributed by atoms with Gasteiger partial charge in [0.25, 0.3) is 0 Å². The SMILES string of the molecule is Cc1cccc(C)c1-c1cc(C)c2nc(Nc3ccc(N(C)C)cc3)nnc2c1. The number of fused-ring (bicyclic) bond motifs is 1. The lowest BCUT2D eigenvalue weighted by molar-refractivity contribution is 1.03. The van der Waals surface area contributed by atoms with E-state index in [-0.39, 0.29) is 0 Å². The third-order valence-electron chi connectivity index (χ3n) is 5.16. The van der Waals surface area contributed by atoms with Crippen LogP contribution in [0.1, 0.15) is 16.7 Å². The van der Waals surface area contributed by atoms with Crippen LogP contribution >= 0.6 is 0 Å². The summed E-state index contributed by atoms with van der Waals surface area (Å²) in [5, 5.41) is 12.0. The maximum absolute atomic E-state index is 4.71. The second-order valence-electron chi connectivity index (χ2n) is 7.63. The maximum atomic E-state index is 4.71. The van der Waals surface area contributed by atoms with Crippen LogP contribution in [0.2, 0.25) is 0 Å². The molecule has 0 amide bonds. The van der Waals surface area contributed by atoms with Gasteiger partial charge < -0.3 is 10.2 Å². The molecule has 0 fully saturated rings. The predicted octanol–water partition coefficient (Wildman–Crippen LogP) is 5.43. The normalized spacial score (nSPS) is 10.9. The van der Waals surface area contributed by atoms with E-state index < -0.39 is 0 Å². The van der Waals surface area contributed by atoms with Crippen LogP contribution in [-0.4, -0.2) is 29.3 Å². The lowest BCUT2D eigenvalue weighted by Gasteiger charge is -2.13. The highest BCUT2D eigenvalue weighted by Crippen LogP contribution is 2.31. The molecule has 0 saturated heterocycles. The van der Waals surface area contributed by atoms with Crippen molar-refractivity contribution in [3.05, 3.63) is 71.3 Å². The number of hydrogen-bond acceptors (Lipinski definition) is 5. The number of aryl methyl sites for hydroxylation is 3. The van der Waals surface area contributed by atoms with Gasteiger partial charge >= 0.3 is 0 Å². The zero-order chi connectivity index (χ0) is 20.5. The van der Waals surface area contributed by atoms with Gasteiger partial charge in [0, 0.05) is 25.5 Å². The molecule has 3 aromatic carbocycles. The number of aromatic nitrogens is 3. The Bertz CT molecular complexity index is 1160. The summed E-state index contributed by atoms with van der Waals surface area (Å²) in [5.74, 6) is 0.498. The Morgan fingerprint density at radius 2 is 1.48 bits per heavy atom. The first kappa shape index (κ1) is 18.9. The Kier molecular flexibility index (Phi) is 4.89. The van der Waals surface area contributed by atoms with E-state index in [0.717, 1.165) is 33.5 Å². The number of benzene rings is 3. The molecule has 0 radical (unpaired) electrons. The van der Waals surface area contributed by atoms with Crippen molar-refractivity contribution in [1.29, 1.82) is 0 Å². The van der Waals surface area contributed by atoms with Crippen molar-refractivity contribution in [2.24, 2.45) is 0 Å². The Morgan fingerprint density at radius 1 is 0.793 bits per heavy atom. The van der Waals surface area contributed by atoms with Gasteiger partial charge in [-0.1, -0.05) is 18.2 Å². The number of anilines is 3. The van der Waals surface area contributed by atoms with E-state index >= 15 is 0 Å². The van der Waals surface area contributed by atoms with Gasteiger partial charge in [-0.25, -0.2) is 4.98 Å². The quantitative estimate of drug-likeness (QED) is 0.509. The van der Waals surface area contributed by atoms with Crippen LogP contribution in [-0.2, 0) is 0 Å². The first-order valence-corrected chi connectivity index (χ1v) is 9.68. The lowest BCUT2D eigenvalue weighted by atomic mass is 9.94. The van der Waals surface area contributed by atoms with E-state index in [2.05, 4.69) is 83.6 Å². The van der Waals surface area contributed by atoms with E-state index in [1.54, 1.807) is 0 Å². The summed E-state index contributed by atoms with van der Waals surface area (Å²) in [6.45, 7) is 6.35. The van der Waals surface area contributed by atoms with Gasteiger partial charge in [0.2, 0.25) is 5.95 Å². The third-order valence-corrected chi connectivity index (χ3v) is 5.16. The molecule has 29 heavy (non-hydrogen) atoms. The van der Waals surface area contributed by atoms with E-state index in [1.165, 1.54) is 16.7 Å². The average molecular weight is 383 g/mol. The molecule has 0 aliphatic rings. The fraction of sp³-hybridized carbons (Fsp3) is 0.208. The molecule has 0 aliphatic heterocycles.